The second-order valence-corrected chi connectivity index (χ2v) is 8.28. The van der Waals surface area contributed by atoms with Crippen molar-refractivity contribution < 1.29 is 33.0 Å². The van der Waals surface area contributed by atoms with Crippen LogP contribution in [0.3, 0.4) is 0 Å². The van der Waals surface area contributed by atoms with Gasteiger partial charge >= 0.3 is 11.6 Å². The lowest BCUT2D eigenvalue weighted by Crippen LogP contribution is -2.43. The lowest BCUT2D eigenvalue weighted by molar-refractivity contribution is -0.137. The molecule has 9 heteroatoms. The highest BCUT2D eigenvalue weighted by Crippen LogP contribution is 2.38. The van der Waals surface area contributed by atoms with E-state index in [0.717, 1.165) is 10.9 Å². The minimum atomic E-state index is -0.837. The van der Waals surface area contributed by atoms with Crippen molar-refractivity contribution in [2.24, 2.45) is 5.16 Å². The molecule has 0 saturated heterocycles. The molecule has 9 nitrogen and oxygen atoms in total. The standard InChI is InChI=1S/C26H25NO8/c1-26(2)22(13-17-12-16-7-9-23(28)33-18(16)14-19(17)34-26)27-35-24(29)8-6-15-10-20(30-3)25(32-5)21(11-15)31-4/h6-12,14H,13H2,1-5H3. The Morgan fingerprint density at radius 1 is 1.03 bits per heavy atom. The summed E-state index contributed by atoms with van der Waals surface area (Å²) in [6, 6.07) is 10.0. The van der Waals surface area contributed by atoms with Gasteiger partial charge in [0.2, 0.25) is 5.75 Å². The third kappa shape index (κ3) is 4.98. The van der Waals surface area contributed by atoms with Gasteiger partial charge in [-0.2, -0.15) is 0 Å². The predicted molar refractivity (Wildman–Crippen MR) is 130 cm³/mol. The van der Waals surface area contributed by atoms with Gasteiger partial charge in [0.15, 0.2) is 11.5 Å². The number of carbonyl (C=O) groups excluding carboxylic acids is 1. The molecule has 2 heterocycles. The SMILES string of the molecule is COc1cc(C=CC(=O)ON=C2Cc3cc4ccc(=O)oc4cc3OC2(C)C)cc(OC)c1OC. The molecule has 182 valence electrons. The molecule has 35 heavy (non-hydrogen) atoms. The number of hydrogen-bond acceptors (Lipinski definition) is 9. The maximum Gasteiger partial charge on any atom is 0.358 e. The zero-order chi connectivity index (χ0) is 25.2. The summed E-state index contributed by atoms with van der Waals surface area (Å²) in [6.45, 7) is 3.64. The van der Waals surface area contributed by atoms with E-state index in [4.69, 9.17) is 28.2 Å². The Kier molecular flexibility index (Phi) is 6.50. The Labute approximate surface area is 201 Å². The van der Waals surface area contributed by atoms with Gasteiger partial charge in [0.05, 0.1) is 21.3 Å². The zero-order valence-electron chi connectivity index (χ0n) is 20.0. The van der Waals surface area contributed by atoms with Crippen molar-refractivity contribution in [2.45, 2.75) is 25.9 Å². The van der Waals surface area contributed by atoms with Crippen LogP contribution < -0.4 is 24.6 Å². The first-order chi connectivity index (χ1) is 16.7. The van der Waals surface area contributed by atoms with E-state index in [1.165, 1.54) is 33.5 Å². The molecule has 0 spiro atoms. The average Bonchev–Trinajstić information content (AvgIpc) is 2.83. The lowest BCUT2D eigenvalue weighted by Gasteiger charge is -2.33. The quantitative estimate of drug-likeness (QED) is 0.225. The Bertz CT molecular complexity index is 1380. The Hall–Kier alpha value is -4.27. The molecule has 3 aromatic rings. The smallest absolute Gasteiger partial charge is 0.358 e. The molecule has 0 radical (unpaired) electrons. The van der Waals surface area contributed by atoms with E-state index in [2.05, 4.69) is 5.16 Å². The second kappa shape index (κ2) is 9.54. The highest BCUT2D eigenvalue weighted by atomic mass is 16.7. The van der Waals surface area contributed by atoms with Gasteiger partial charge in [-0.3, -0.25) is 0 Å². The van der Waals surface area contributed by atoms with Crippen LogP contribution in [-0.4, -0.2) is 38.6 Å². The molecule has 0 unspecified atom stereocenters. The minimum Gasteiger partial charge on any atom is -0.493 e. The largest absolute Gasteiger partial charge is 0.493 e. The van der Waals surface area contributed by atoms with Crippen molar-refractivity contribution >= 4 is 28.7 Å². The van der Waals surface area contributed by atoms with Gasteiger partial charge in [-0.1, -0.05) is 5.16 Å². The van der Waals surface area contributed by atoms with E-state index in [1.807, 2.05) is 19.9 Å². The molecule has 2 aromatic carbocycles. The first-order valence-corrected chi connectivity index (χ1v) is 10.8. The fourth-order valence-corrected chi connectivity index (χ4v) is 3.74. The molecule has 0 amide bonds. The van der Waals surface area contributed by atoms with E-state index >= 15 is 0 Å². The van der Waals surface area contributed by atoms with E-state index in [-0.39, 0.29) is 0 Å². The summed E-state index contributed by atoms with van der Waals surface area (Å²) >= 11 is 0. The Morgan fingerprint density at radius 3 is 2.40 bits per heavy atom. The van der Waals surface area contributed by atoms with Crippen LogP contribution in [-0.2, 0) is 16.1 Å². The van der Waals surface area contributed by atoms with Crippen molar-refractivity contribution in [2.75, 3.05) is 21.3 Å². The number of carbonyl (C=O) groups is 1. The van der Waals surface area contributed by atoms with Crippen molar-refractivity contribution in [1.82, 2.24) is 0 Å². The number of ether oxygens (including phenoxy) is 4. The third-order valence-corrected chi connectivity index (χ3v) is 5.57. The number of methoxy groups -OCH3 is 3. The number of oxime groups is 1. The van der Waals surface area contributed by atoms with E-state index in [0.29, 0.717) is 46.3 Å². The highest BCUT2D eigenvalue weighted by Gasteiger charge is 2.34. The third-order valence-electron chi connectivity index (χ3n) is 5.57. The molecule has 0 aliphatic carbocycles. The summed E-state index contributed by atoms with van der Waals surface area (Å²) in [7, 11) is 4.54. The maximum absolute atomic E-state index is 12.4. The van der Waals surface area contributed by atoms with Crippen molar-refractivity contribution in [3.63, 3.8) is 0 Å². The highest BCUT2D eigenvalue weighted by molar-refractivity contribution is 5.97. The van der Waals surface area contributed by atoms with Gasteiger partial charge in [-0.25, -0.2) is 9.59 Å². The van der Waals surface area contributed by atoms with Gasteiger partial charge in [-0.15, -0.1) is 0 Å². The predicted octanol–water partition coefficient (Wildman–Crippen LogP) is 4.14. The molecule has 4 rings (SSSR count). The number of rotatable bonds is 6. The first kappa shape index (κ1) is 23.9. The van der Waals surface area contributed by atoms with Crippen LogP contribution in [0.1, 0.15) is 25.0 Å². The van der Waals surface area contributed by atoms with E-state index in [9.17, 15) is 9.59 Å². The van der Waals surface area contributed by atoms with Crippen molar-refractivity contribution in [3.05, 3.63) is 64.0 Å². The molecule has 0 atom stereocenters. The van der Waals surface area contributed by atoms with Crippen LogP contribution in [0, 0.1) is 0 Å². The van der Waals surface area contributed by atoms with Crippen LogP contribution in [0.5, 0.6) is 23.0 Å². The van der Waals surface area contributed by atoms with Crippen LogP contribution in [0.15, 0.2) is 56.8 Å². The number of hydrogen-bond donors (Lipinski definition) is 0. The first-order valence-electron chi connectivity index (χ1n) is 10.8. The fraction of sp³-hybridized carbons (Fsp3) is 0.269. The van der Waals surface area contributed by atoms with Gasteiger partial charge in [0, 0.05) is 35.6 Å². The monoisotopic (exact) mass is 479 g/mol. The minimum absolute atomic E-state index is 0.404. The zero-order valence-corrected chi connectivity index (χ0v) is 20.0. The molecule has 1 aromatic heterocycles. The topological polar surface area (TPSA) is 106 Å². The molecule has 0 fully saturated rings. The fourth-order valence-electron chi connectivity index (χ4n) is 3.74. The summed E-state index contributed by atoms with van der Waals surface area (Å²) in [5.41, 5.74) is 1.20. The van der Waals surface area contributed by atoms with Crippen LogP contribution in [0.2, 0.25) is 0 Å². The van der Waals surface area contributed by atoms with Gasteiger partial charge in [-0.05, 0) is 49.8 Å². The number of fused-ring (bicyclic) bond motifs is 2. The molecular formula is C26H25NO8. The second-order valence-electron chi connectivity index (χ2n) is 8.28. The molecule has 0 saturated carbocycles. The van der Waals surface area contributed by atoms with Gasteiger partial charge in [0.1, 0.15) is 22.6 Å². The van der Waals surface area contributed by atoms with Crippen LogP contribution in [0.4, 0.5) is 0 Å². The van der Waals surface area contributed by atoms with Crippen molar-refractivity contribution in [1.29, 1.82) is 0 Å². The summed E-state index contributed by atoms with van der Waals surface area (Å²) in [5, 5.41) is 4.84. The normalized spacial score (nSPS) is 15.5. The van der Waals surface area contributed by atoms with E-state index in [1.54, 1.807) is 30.3 Å². The molecule has 1 aliphatic rings. The summed E-state index contributed by atoms with van der Waals surface area (Å²) in [6.07, 6.45) is 3.22. The number of benzene rings is 2. The average molecular weight is 479 g/mol. The summed E-state index contributed by atoms with van der Waals surface area (Å²) in [4.78, 5) is 29.0. The van der Waals surface area contributed by atoms with Crippen molar-refractivity contribution in [3.8, 4) is 23.0 Å². The van der Waals surface area contributed by atoms with E-state index < -0.39 is 17.2 Å². The van der Waals surface area contributed by atoms with Gasteiger partial charge in [0.25, 0.3) is 0 Å². The number of nitrogens with zero attached hydrogens (tertiary/aromatic N) is 1. The molecule has 0 bridgehead atoms. The summed E-state index contributed by atoms with van der Waals surface area (Å²) in [5.74, 6) is 1.31. The Balaban J connectivity index is 1.53. The molecule has 1 aliphatic heterocycles. The molecule has 0 N–H and O–H groups in total. The van der Waals surface area contributed by atoms with Crippen LogP contribution in [0.25, 0.3) is 17.0 Å². The lowest BCUT2D eigenvalue weighted by atomic mass is 9.91. The molecular weight excluding hydrogens is 454 g/mol. The van der Waals surface area contributed by atoms with Crippen LogP contribution >= 0.6 is 0 Å². The maximum atomic E-state index is 12.4. The Morgan fingerprint density at radius 2 is 1.74 bits per heavy atom. The summed E-state index contributed by atoms with van der Waals surface area (Å²) < 4.78 is 27.3. The van der Waals surface area contributed by atoms with Gasteiger partial charge < -0.3 is 28.2 Å².